The maximum Gasteiger partial charge on any atom is 0.242 e. The van der Waals surface area contributed by atoms with Crippen LogP contribution in [0.4, 0.5) is 11.4 Å². The molecule has 0 aliphatic carbocycles. The summed E-state index contributed by atoms with van der Waals surface area (Å²) in [5.41, 5.74) is 11.7. The van der Waals surface area contributed by atoms with Gasteiger partial charge in [-0.25, -0.2) is 13.1 Å². The van der Waals surface area contributed by atoms with Crippen molar-refractivity contribution in [1.29, 1.82) is 0 Å². The highest BCUT2D eigenvalue weighted by atomic mass is 32.2. The van der Waals surface area contributed by atoms with Crippen molar-refractivity contribution in [2.75, 3.05) is 30.8 Å². The number of benzene rings is 1. The van der Waals surface area contributed by atoms with E-state index in [2.05, 4.69) is 4.72 Å². The summed E-state index contributed by atoms with van der Waals surface area (Å²) in [7, 11) is -2.35. The number of nitrogen functional groups attached to an aromatic ring is 1. The van der Waals surface area contributed by atoms with Gasteiger partial charge in [-0.05, 0) is 31.7 Å². The van der Waals surface area contributed by atoms with E-state index in [1.807, 2.05) is 6.92 Å². The second kappa shape index (κ2) is 7.28. The maximum absolute atomic E-state index is 12.1. The van der Waals surface area contributed by atoms with E-state index in [1.54, 1.807) is 17.0 Å². The minimum Gasteiger partial charge on any atom is -0.399 e. The molecule has 0 unspecified atom stereocenters. The molecule has 7 nitrogen and oxygen atoms in total. The normalized spacial score (nSPS) is 11.3. The third-order valence-electron chi connectivity index (χ3n) is 3.01. The molecule has 118 valence electrons. The van der Waals surface area contributed by atoms with Gasteiger partial charge in [0.05, 0.1) is 12.2 Å². The molecule has 0 heterocycles. The number of sulfonamides is 1. The second-order valence-electron chi connectivity index (χ2n) is 4.68. The Morgan fingerprint density at radius 2 is 2.05 bits per heavy atom. The van der Waals surface area contributed by atoms with Gasteiger partial charge in [0.2, 0.25) is 15.9 Å². The Bertz CT molecular complexity index is 601. The van der Waals surface area contributed by atoms with Gasteiger partial charge in [-0.15, -0.1) is 0 Å². The van der Waals surface area contributed by atoms with E-state index >= 15 is 0 Å². The van der Waals surface area contributed by atoms with Crippen molar-refractivity contribution in [2.24, 2.45) is 5.73 Å². The minimum atomic E-state index is -3.68. The van der Waals surface area contributed by atoms with Crippen molar-refractivity contribution in [2.45, 2.75) is 24.7 Å². The summed E-state index contributed by atoms with van der Waals surface area (Å²) in [5, 5.41) is 0. The van der Waals surface area contributed by atoms with Crippen molar-refractivity contribution >= 4 is 27.3 Å². The highest BCUT2D eigenvalue weighted by molar-refractivity contribution is 7.89. The summed E-state index contributed by atoms with van der Waals surface area (Å²) in [5.74, 6) is -0.518. The molecule has 0 spiro atoms. The lowest BCUT2D eigenvalue weighted by molar-refractivity contribution is -0.116. The van der Waals surface area contributed by atoms with Crippen LogP contribution in [-0.4, -0.2) is 34.5 Å². The highest BCUT2D eigenvalue weighted by Crippen LogP contribution is 2.27. The van der Waals surface area contributed by atoms with Gasteiger partial charge in [-0.2, -0.15) is 0 Å². The smallest absolute Gasteiger partial charge is 0.242 e. The predicted molar refractivity (Wildman–Crippen MR) is 83.4 cm³/mol. The Balaban J connectivity index is 3.32. The Labute approximate surface area is 125 Å². The van der Waals surface area contributed by atoms with Crippen LogP contribution in [0.1, 0.15) is 19.8 Å². The molecule has 0 aromatic heterocycles. The number of nitrogens with one attached hydrogen (secondary N) is 1. The zero-order valence-electron chi connectivity index (χ0n) is 12.3. The first-order valence-electron chi connectivity index (χ1n) is 6.68. The maximum atomic E-state index is 12.1. The molecule has 0 aliphatic heterocycles. The van der Waals surface area contributed by atoms with Crippen molar-refractivity contribution in [3.05, 3.63) is 18.2 Å². The zero-order valence-corrected chi connectivity index (χ0v) is 13.1. The van der Waals surface area contributed by atoms with Crippen LogP contribution < -0.4 is 21.1 Å². The van der Waals surface area contributed by atoms with E-state index in [0.29, 0.717) is 17.9 Å². The summed E-state index contributed by atoms with van der Waals surface area (Å²) in [6, 6.07) is 4.57. The molecule has 0 fully saturated rings. The summed E-state index contributed by atoms with van der Waals surface area (Å²) >= 11 is 0. The van der Waals surface area contributed by atoms with Crippen LogP contribution in [0.3, 0.4) is 0 Å². The number of primary amides is 1. The van der Waals surface area contributed by atoms with Crippen molar-refractivity contribution in [1.82, 2.24) is 4.72 Å². The SMILES string of the molecule is CCCCN(CC(N)=O)c1ccc(N)cc1S(=O)(=O)NC. The lowest BCUT2D eigenvalue weighted by Crippen LogP contribution is -2.36. The fraction of sp³-hybridized carbons (Fsp3) is 0.462. The van der Waals surface area contributed by atoms with Gasteiger partial charge in [0, 0.05) is 12.2 Å². The molecule has 1 aromatic rings. The summed E-state index contributed by atoms with van der Waals surface area (Å²) in [6.07, 6.45) is 1.73. The van der Waals surface area contributed by atoms with Crippen LogP contribution in [0.25, 0.3) is 0 Å². The first-order chi connectivity index (χ1) is 9.81. The third-order valence-corrected chi connectivity index (χ3v) is 4.45. The monoisotopic (exact) mass is 314 g/mol. The number of hydrogen-bond donors (Lipinski definition) is 3. The second-order valence-corrected chi connectivity index (χ2v) is 6.53. The number of nitrogens with zero attached hydrogens (tertiary/aromatic N) is 1. The van der Waals surface area contributed by atoms with E-state index < -0.39 is 15.9 Å². The van der Waals surface area contributed by atoms with Gasteiger partial charge in [-0.3, -0.25) is 4.79 Å². The summed E-state index contributed by atoms with van der Waals surface area (Å²) < 4.78 is 26.5. The number of carbonyl (C=O) groups is 1. The molecule has 5 N–H and O–H groups in total. The number of nitrogens with two attached hydrogens (primary N) is 2. The van der Waals surface area contributed by atoms with Gasteiger partial charge >= 0.3 is 0 Å². The number of hydrogen-bond acceptors (Lipinski definition) is 5. The van der Waals surface area contributed by atoms with Crippen LogP contribution in [0.2, 0.25) is 0 Å². The molecular formula is C13H22N4O3S. The summed E-state index contributed by atoms with van der Waals surface area (Å²) in [4.78, 5) is 12.9. The molecule has 0 bridgehead atoms. The molecule has 1 rings (SSSR count). The number of rotatable bonds is 8. The third kappa shape index (κ3) is 4.61. The van der Waals surface area contributed by atoms with Gasteiger partial charge in [0.1, 0.15) is 4.90 Å². The van der Waals surface area contributed by atoms with Crippen LogP contribution in [0.15, 0.2) is 23.1 Å². The van der Waals surface area contributed by atoms with Crippen LogP contribution in [0, 0.1) is 0 Å². The molecule has 1 aromatic carbocycles. The molecule has 0 saturated heterocycles. The van der Waals surface area contributed by atoms with E-state index in [-0.39, 0.29) is 11.4 Å². The Hall–Kier alpha value is -1.80. The van der Waals surface area contributed by atoms with Crippen LogP contribution in [-0.2, 0) is 14.8 Å². The molecule has 8 heteroatoms. The van der Waals surface area contributed by atoms with E-state index in [0.717, 1.165) is 12.8 Å². The average molecular weight is 314 g/mol. The van der Waals surface area contributed by atoms with Gasteiger partial charge in [0.25, 0.3) is 0 Å². The van der Waals surface area contributed by atoms with E-state index in [9.17, 15) is 13.2 Å². The zero-order chi connectivity index (χ0) is 16.0. The Morgan fingerprint density at radius 3 is 2.57 bits per heavy atom. The fourth-order valence-electron chi connectivity index (χ4n) is 1.94. The van der Waals surface area contributed by atoms with Crippen molar-refractivity contribution in [3.63, 3.8) is 0 Å². The predicted octanol–water partition coefficient (Wildman–Crippen LogP) is 0.269. The van der Waals surface area contributed by atoms with Crippen LogP contribution >= 0.6 is 0 Å². The Morgan fingerprint density at radius 1 is 1.38 bits per heavy atom. The van der Waals surface area contributed by atoms with Gasteiger partial charge in [-0.1, -0.05) is 13.3 Å². The molecule has 0 saturated carbocycles. The lowest BCUT2D eigenvalue weighted by Gasteiger charge is -2.25. The standard InChI is InChI=1S/C13H22N4O3S/c1-3-4-7-17(9-13(15)18)11-6-5-10(14)8-12(11)21(19,20)16-2/h5-6,8,16H,3-4,7,9,14H2,1-2H3,(H2,15,18). The molecule has 0 aliphatic rings. The first-order valence-corrected chi connectivity index (χ1v) is 8.16. The largest absolute Gasteiger partial charge is 0.399 e. The van der Waals surface area contributed by atoms with E-state index in [1.165, 1.54) is 13.1 Å². The molecule has 1 amide bonds. The van der Waals surface area contributed by atoms with Gasteiger partial charge in [0.15, 0.2) is 0 Å². The lowest BCUT2D eigenvalue weighted by atomic mass is 10.2. The fourth-order valence-corrected chi connectivity index (χ4v) is 2.92. The van der Waals surface area contributed by atoms with Crippen LogP contribution in [0.5, 0.6) is 0 Å². The average Bonchev–Trinajstić information content (AvgIpc) is 2.43. The molecule has 21 heavy (non-hydrogen) atoms. The van der Waals surface area contributed by atoms with Gasteiger partial charge < -0.3 is 16.4 Å². The molecule has 0 atom stereocenters. The molecule has 0 radical (unpaired) electrons. The van der Waals surface area contributed by atoms with Crippen molar-refractivity contribution in [3.8, 4) is 0 Å². The Kier molecular flexibility index (Phi) is 5.98. The number of unbranched alkanes of at least 4 members (excludes halogenated alkanes) is 1. The number of anilines is 2. The van der Waals surface area contributed by atoms with E-state index in [4.69, 9.17) is 11.5 Å². The topological polar surface area (TPSA) is 119 Å². The minimum absolute atomic E-state index is 0.0438. The number of carbonyl (C=O) groups excluding carboxylic acids is 1. The summed E-state index contributed by atoms with van der Waals surface area (Å²) in [6.45, 7) is 2.50. The highest BCUT2D eigenvalue weighted by Gasteiger charge is 2.21. The first kappa shape index (κ1) is 17.3. The molecular weight excluding hydrogens is 292 g/mol. The van der Waals surface area contributed by atoms with Crippen molar-refractivity contribution < 1.29 is 13.2 Å². The number of amides is 1. The quantitative estimate of drug-likeness (QED) is 0.595.